The molecular formula is C17H20N6O3S. The fourth-order valence-electron chi connectivity index (χ4n) is 2.41. The molecular weight excluding hydrogens is 368 g/mol. The fourth-order valence-corrected chi connectivity index (χ4v) is 3.09. The normalized spacial score (nSPS) is 10.0. The van der Waals surface area contributed by atoms with Gasteiger partial charge in [-0.15, -0.1) is 11.3 Å². The first-order valence-corrected chi connectivity index (χ1v) is 8.79. The van der Waals surface area contributed by atoms with Crippen LogP contribution >= 0.6 is 11.3 Å². The molecule has 0 fully saturated rings. The number of carbonyl (C=O) groups is 2. The van der Waals surface area contributed by atoms with E-state index in [1.54, 1.807) is 22.2 Å². The van der Waals surface area contributed by atoms with E-state index in [2.05, 4.69) is 15.1 Å². The molecule has 142 valence electrons. The summed E-state index contributed by atoms with van der Waals surface area (Å²) in [7, 11) is 3.85. The Morgan fingerprint density at radius 1 is 1.37 bits per heavy atom. The average Bonchev–Trinajstić information content (AvgIpc) is 3.25. The first kappa shape index (κ1) is 20.0. The van der Waals surface area contributed by atoms with Crippen molar-refractivity contribution in [3.63, 3.8) is 0 Å². The largest absolute Gasteiger partial charge is 0.483 e. The van der Waals surface area contributed by atoms with Crippen LogP contribution < -0.4 is 10.6 Å². The van der Waals surface area contributed by atoms with E-state index >= 15 is 0 Å². The van der Waals surface area contributed by atoms with Crippen LogP contribution in [0.5, 0.6) is 0 Å². The van der Waals surface area contributed by atoms with Crippen molar-refractivity contribution in [3.8, 4) is 11.4 Å². The summed E-state index contributed by atoms with van der Waals surface area (Å²) >= 11 is 1.65. The molecule has 3 aromatic rings. The SMILES string of the molecule is CN(C)c1ncccc1-c1nc(CC(N)=O)nn1Cc1cccs1.O=CO. The third-order valence-electron chi connectivity index (χ3n) is 3.38. The number of primary amides is 1. The van der Waals surface area contributed by atoms with E-state index in [4.69, 9.17) is 15.6 Å². The summed E-state index contributed by atoms with van der Waals surface area (Å²) in [5.74, 6) is 1.44. The molecule has 0 saturated carbocycles. The summed E-state index contributed by atoms with van der Waals surface area (Å²) in [6, 6.07) is 7.85. The molecule has 0 aliphatic carbocycles. The summed E-state index contributed by atoms with van der Waals surface area (Å²) in [6.45, 7) is 0.334. The highest BCUT2D eigenvalue weighted by molar-refractivity contribution is 7.09. The Balaban J connectivity index is 0.000000817. The Morgan fingerprint density at radius 3 is 2.70 bits per heavy atom. The van der Waals surface area contributed by atoms with E-state index in [0.29, 0.717) is 18.2 Å². The van der Waals surface area contributed by atoms with Crippen LogP contribution in [0.4, 0.5) is 5.82 Å². The van der Waals surface area contributed by atoms with Crippen LogP contribution in [0.2, 0.25) is 0 Å². The highest BCUT2D eigenvalue weighted by atomic mass is 32.1. The van der Waals surface area contributed by atoms with Crippen molar-refractivity contribution >= 4 is 29.5 Å². The maximum Gasteiger partial charge on any atom is 0.290 e. The van der Waals surface area contributed by atoms with Crippen LogP contribution in [0, 0.1) is 0 Å². The standard InChI is InChI=1S/C16H18N6OS.CH2O2/c1-21(2)15-12(6-3-7-18-15)16-19-14(9-13(17)23)20-22(16)10-11-5-4-8-24-11;2-1-3/h3-8H,9-10H2,1-2H3,(H2,17,23);1H,(H,2,3). The Labute approximate surface area is 160 Å². The van der Waals surface area contributed by atoms with E-state index in [1.807, 2.05) is 48.6 Å². The highest BCUT2D eigenvalue weighted by Gasteiger charge is 2.18. The third kappa shape index (κ3) is 5.35. The van der Waals surface area contributed by atoms with Crippen LogP contribution in [-0.2, 0) is 22.6 Å². The van der Waals surface area contributed by atoms with E-state index in [0.717, 1.165) is 16.3 Å². The molecule has 27 heavy (non-hydrogen) atoms. The second-order valence-corrected chi connectivity index (χ2v) is 6.64. The molecule has 0 aliphatic rings. The zero-order valence-corrected chi connectivity index (χ0v) is 15.8. The number of amides is 1. The number of hydrogen-bond acceptors (Lipinski definition) is 7. The molecule has 0 atom stereocenters. The van der Waals surface area contributed by atoms with Gasteiger partial charge >= 0.3 is 0 Å². The molecule has 3 rings (SSSR count). The molecule has 3 heterocycles. The maximum absolute atomic E-state index is 11.2. The molecule has 0 aliphatic heterocycles. The molecule has 0 bridgehead atoms. The van der Waals surface area contributed by atoms with Crippen LogP contribution in [0.1, 0.15) is 10.7 Å². The smallest absolute Gasteiger partial charge is 0.290 e. The van der Waals surface area contributed by atoms with Crippen molar-refractivity contribution < 1.29 is 14.7 Å². The molecule has 1 amide bonds. The van der Waals surface area contributed by atoms with Gasteiger partial charge in [-0.05, 0) is 23.6 Å². The lowest BCUT2D eigenvalue weighted by Gasteiger charge is -2.15. The van der Waals surface area contributed by atoms with E-state index in [9.17, 15) is 4.79 Å². The minimum atomic E-state index is -0.450. The molecule has 3 aromatic heterocycles. The van der Waals surface area contributed by atoms with Gasteiger partial charge < -0.3 is 15.7 Å². The number of nitrogens with two attached hydrogens (primary N) is 1. The van der Waals surface area contributed by atoms with Gasteiger partial charge in [0.25, 0.3) is 6.47 Å². The Hall–Kier alpha value is -3.27. The van der Waals surface area contributed by atoms with Gasteiger partial charge in [0.15, 0.2) is 11.6 Å². The number of rotatable bonds is 6. The van der Waals surface area contributed by atoms with Crippen molar-refractivity contribution in [1.82, 2.24) is 19.7 Å². The molecule has 10 heteroatoms. The maximum atomic E-state index is 11.2. The van der Waals surface area contributed by atoms with Crippen molar-refractivity contribution in [2.75, 3.05) is 19.0 Å². The van der Waals surface area contributed by atoms with E-state index in [-0.39, 0.29) is 12.9 Å². The molecule has 3 N–H and O–H groups in total. The van der Waals surface area contributed by atoms with Crippen molar-refractivity contribution in [2.24, 2.45) is 5.73 Å². The topological polar surface area (TPSA) is 127 Å². The van der Waals surface area contributed by atoms with Crippen LogP contribution in [0.3, 0.4) is 0 Å². The van der Waals surface area contributed by atoms with E-state index in [1.165, 1.54) is 0 Å². The minimum Gasteiger partial charge on any atom is -0.483 e. The summed E-state index contributed by atoms with van der Waals surface area (Å²) in [4.78, 5) is 31.6. The summed E-state index contributed by atoms with van der Waals surface area (Å²) in [5, 5.41) is 13.4. The van der Waals surface area contributed by atoms with Crippen LogP contribution in [0.15, 0.2) is 35.8 Å². The lowest BCUT2D eigenvalue weighted by atomic mass is 10.2. The van der Waals surface area contributed by atoms with Gasteiger partial charge in [0.1, 0.15) is 5.82 Å². The minimum absolute atomic E-state index is 0.0159. The fraction of sp³-hybridized carbons (Fsp3) is 0.235. The van der Waals surface area contributed by atoms with Crippen molar-refractivity contribution in [3.05, 3.63) is 46.5 Å². The number of hydrogen-bond donors (Lipinski definition) is 2. The quantitative estimate of drug-likeness (QED) is 0.608. The number of pyridine rings is 1. The number of aromatic nitrogens is 4. The Bertz CT molecular complexity index is 892. The summed E-state index contributed by atoms with van der Waals surface area (Å²) in [6.07, 6.45) is 1.76. The molecule has 0 saturated heterocycles. The predicted molar refractivity (Wildman–Crippen MR) is 103 cm³/mol. The zero-order valence-electron chi connectivity index (χ0n) is 14.9. The van der Waals surface area contributed by atoms with E-state index < -0.39 is 5.91 Å². The Kier molecular flexibility index (Phi) is 7.00. The number of carbonyl (C=O) groups excluding carboxylic acids is 1. The third-order valence-corrected chi connectivity index (χ3v) is 4.25. The molecule has 0 aromatic carbocycles. The zero-order chi connectivity index (χ0) is 19.8. The Morgan fingerprint density at radius 2 is 2.11 bits per heavy atom. The lowest BCUT2D eigenvalue weighted by molar-refractivity contribution is -0.123. The van der Waals surface area contributed by atoms with Crippen molar-refractivity contribution in [2.45, 2.75) is 13.0 Å². The van der Waals surface area contributed by atoms with Gasteiger partial charge in [-0.1, -0.05) is 6.07 Å². The van der Waals surface area contributed by atoms with Gasteiger partial charge in [0, 0.05) is 25.2 Å². The predicted octanol–water partition coefficient (Wildman–Crippen LogP) is 1.24. The first-order valence-electron chi connectivity index (χ1n) is 7.91. The highest BCUT2D eigenvalue weighted by Crippen LogP contribution is 2.27. The molecule has 9 nitrogen and oxygen atoms in total. The number of anilines is 1. The summed E-state index contributed by atoms with van der Waals surface area (Å²) in [5.41, 5.74) is 6.15. The second kappa shape index (κ2) is 9.43. The first-order chi connectivity index (χ1) is 13.0. The summed E-state index contributed by atoms with van der Waals surface area (Å²) < 4.78 is 1.80. The molecule has 0 radical (unpaired) electrons. The van der Waals surface area contributed by atoms with Gasteiger partial charge in [0.05, 0.1) is 18.5 Å². The average molecular weight is 388 g/mol. The van der Waals surface area contributed by atoms with Gasteiger partial charge in [0.2, 0.25) is 5.91 Å². The molecule has 0 spiro atoms. The number of thiophene rings is 1. The van der Waals surface area contributed by atoms with Gasteiger partial charge in [-0.25, -0.2) is 14.6 Å². The molecule has 0 unspecified atom stereocenters. The second-order valence-electron chi connectivity index (χ2n) is 5.61. The van der Waals surface area contributed by atoms with Gasteiger partial charge in [-0.2, -0.15) is 5.10 Å². The van der Waals surface area contributed by atoms with Crippen LogP contribution in [-0.4, -0.2) is 51.3 Å². The van der Waals surface area contributed by atoms with Crippen molar-refractivity contribution in [1.29, 1.82) is 0 Å². The number of nitrogens with zero attached hydrogens (tertiary/aromatic N) is 5. The lowest BCUT2D eigenvalue weighted by Crippen LogP contribution is -2.14. The monoisotopic (exact) mass is 388 g/mol. The number of carboxylic acid groups (broad SMARTS) is 1. The van der Waals surface area contributed by atoms with Gasteiger partial charge in [-0.3, -0.25) is 9.59 Å². The van der Waals surface area contributed by atoms with Crippen LogP contribution in [0.25, 0.3) is 11.4 Å².